The molecule has 154 valence electrons. The molecule has 1 aliphatic rings. The second kappa shape index (κ2) is 9.08. The van der Waals surface area contributed by atoms with Crippen LogP contribution in [-0.4, -0.2) is 37.8 Å². The average molecular weight is 423 g/mol. The number of carbonyl (C=O) groups is 2. The third-order valence-corrected chi connectivity index (χ3v) is 5.89. The third-order valence-electron chi connectivity index (χ3n) is 4.88. The van der Waals surface area contributed by atoms with Crippen molar-refractivity contribution in [2.24, 2.45) is 13.0 Å². The Morgan fingerprint density at radius 1 is 1.13 bits per heavy atom. The van der Waals surface area contributed by atoms with E-state index in [4.69, 9.17) is 0 Å². The van der Waals surface area contributed by atoms with E-state index in [2.05, 4.69) is 38.3 Å². The van der Waals surface area contributed by atoms with Crippen molar-refractivity contribution in [2.75, 3.05) is 11.1 Å². The van der Waals surface area contributed by atoms with Gasteiger partial charge in [0, 0.05) is 18.3 Å². The Kier molecular flexibility index (Phi) is 6.08. The van der Waals surface area contributed by atoms with Gasteiger partial charge >= 0.3 is 0 Å². The van der Waals surface area contributed by atoms with Gasteiger partial charge in [0.2, 0.25) is 11.1 Å². The first-order chi connectivity index (χ1) is 14.6. The van der Waals surface area contributed by atoms with Crippen molar-refractivity contribution in [1.82, 2.24) is 25.5 Å². The molecule has 1 saturated carbocycles. The molecule has 0 bridgehead atoms. The summed E-state index contributed by atoms with van der Waals surface area (Å²) in [6, 6.07) is 17.0. The van der Waals surface area contributed by atoms with E-state index >= 15 is 0 Å². The lowest BCUT2D eigenvalue weighted by atomic mass is 10.0. The van der Waals surface area contributed by atoms with Gasteiger partial charge in [-0.25, -0.2) is 4.68 Å². The van der Waals surface area contributed by atoms with Gasteiger partial charge in [-0.1, -0.05) is 42.1 Å². The van der Waals surface area contributed by atoms with Gasteiger partial charge in [-0.05, 0) is 59.0 Å². The van der Waals surface area contributed by atoms with Crippen molar-refractivity contribution in [2.45, 2.75) is 24.0 Å². The van der Waals surface area contributed by atoms with E-state index in [0.717, 1.165) is 18.4 Å². The summed E-state index contributed by atoms with van der Waals surface area (Å²) >= 11 is 1.25. The number of tetrazole rings is 1. The smallest absolute Gasteiger partial charge is 0.251 e. The van der Waals surface area contributed by atoms with E-state index in [0.29, 0.717) is 22.3 Å². The Hall–Kier alpha value is -3.20. The highest BCUT2D eigenvalue weighted by Crippen LogP contribution is 2.41. The zero-order valence-electron chi connectivity index (χ0n) is 16.5. The van der Waals surface area contributed by atoms with Crippen LogP contribution in [0.2, 0.25) is 0 Å². The van der Waals surface area contributed by atoms with E-state index in [1.165, 1.54) is 16.4 Å². The molecule has 0 unspecified atom stereocenters. The maximum atomic E-state index is 12.7. The zero-order valence-corrected chi connectivity index (χ0v) is 17.3. The van der Waals surface area contributed by atoms with Crippen LogP contribution >= 0.6 is 11.8 Å². The Morgan fingerprint density at radius 2 is 1.87 bits per heavy atom. The Balaban J connectivity index is 1.33. The summed E-state index contributed by atoms with van der Waals surface area (Å²) < 4.78 is 1.51. The van der Waals surface area contributed by atoms with Gasteiger partial charge in [0.1, 0.15) is 0 Å². The molecule has 1 aromatic heterocycles. The average Bonchev–Trinajstić information content (AvgIpc) is 3.52. The first-order valence-corrected chi connectivity index (χ1v) is 10.7. The van der Waals surface area contributed by atoms with Crippen LogP contribution in [0.4, 0.5) is 5.69 Å². The van der Waals surface area contributed by atoms with Gasteiger partial charge in [0.05, 0.1) is 11.8 Å². The monoisotopic (exact) mass is 422 g/mol. The van der Waals surface area contributed by atoms with Crippen molar-refractivity contribution in [1.29, 1.82) is 0 Å². The topological polar surface area (TPSA) is 102 Å². The summed E-state index contributed by atoms with van der Waals surface area (Å²) in [5, 5.41) is 17.6. The predicted octanol–water partition coefficient (Wildman–Crippen LogP) is 2.82. The SMILES string of the molecule is Cn1nnnc1SCC(=O)Nc1ccc(C(=O)N[C@@H](c2ccccc2)C2CC2)cc1. The molecular formula is C21H22N6O2S. The number of nitrogens with one attached hydrogen (secondary N) is 2. The van der Waals surface area contributed by atoms with E-state index in [9.17, 15) is 9.59 Å². The highest BCUT2D eigenvalue weighted by Gasteiger charge is 2.33. The molecule has 9 heteroatoms. The molecule has 0 radical (unpaired) electrons. The Labute approximate surface area is 178 Å². The standard InChI is InChI=1S/C21H22N6O2S/c1-27-21(24-25-26-27)30-13-18(28)22-17-11-9-16(10-12-17)20(29)23-19(15-7-8-15)14-5-3-2-4-6-14/h2-6,9-12,15,19H,7-8,13H2,1H3,(H,22,28)(H,23,29)/t19-/m0/s1. The quantitative estimate of drug-likeness (QED) is 0.541. The maximum Gasteiger partial charge on any atom is 0.251 e. The summed E-state index contributed by atoms with van der Waals surface area (Å²) in [5.74, 6) is 0.407. The summed E-state index contributed by atoms with van der Waals surface area (Å²) in [4.78, 5) is 24.9. The number of aromatic nitrogens is 4. The number of thioether (sulfide) groups is 1. The summed E-state index contributed by atoms with van der Waals surface area (Å²) in [6.07, 6.45) is 2.26. The fourth-order valence-corrected chi connectivity index (χ4v) is 3.81. The molecule has 0 aliphatic heterocycles. The maximum absolute atomic E-state index is 12.7. The minimum atomic E-state index is -0.168. The predicted molar refractivity (Wildman–Crippen MR) is 114 cm³/mol. The number of rotatable bonds is 8. The van der Waals surface area contributed by atoms with Crippen LogP contribution in [0.15, 0.2) is 59.8 Å². The fraction of sp³-hybridized carbons (Fsp3) is 0.286. The largest absolute Gasteiger partial charge is 0.345 e. The number of hydrogen-bond acceptors (Lipinski definition) is 6. The van der Waals surface area contributed by atoms with Crippen molar-refractivity contribution in [3.8, 4) is 0 Å². The number of carbonyl (C=O) groups excluding carboxylic acids is 2. The van der Waals surface area contributed by atoms with E-state index < -0.39 is 0 Å². The molecule has 2 aromatic carbocycles. The highest BCUT2D eigenvalue weighted by molar-refractivity contribution is 7.99. The molecular weight excluding hydrogens is 400 g/mol. The zero-order chi connectivity index (χ0) is 20.9. The van der Waals surface area contributed by atoms with Crippen LogP contribution in [0.5, 0.6) is 0 Å². The summed E-state index contributed by atoms with van der Waals surface area (Å²) in [7, 11) is 1.72. The number of anilines is 1. The van der Waals surface area contributed by atoms with Crippen molar-refractivity contribution in [3.05, 3.63) is 65.7 Å². The summed E-state index contributed by atoms with van der Waals surface area (Å²) in [5.41, 5.74) is 2.33. The minimum absolute atomic E-state index is 0.0326. The lowest BCUT2D eigenvalue weighted by molar-refractivity contribution is -0.113. The lowest BCUT2D eigenvalue weighted by Crippen LogP contribution is -2.29. The molecule has 1 fully saturated rings. The number of benzene rings is 2. The van der Waals surface area contributed by atoms with Crippen LogP contribution in [0.1, 0.15) is 34.8 Å². The van der Waals surface area contributed by atoms with Crippen LogP contribution in [-0.2, 0) is 11.8 Å². The minimum Gasteiger partial charge on any atom is -0.345 e. The van der Waals surface area contributed by atoms with Gasteiger partial charge in [0.15, 0.2) is 0 Å². The molecule has 4 rings (SSSR count). The molecule has 1 heterocycles. The number of amides is 2. The van der Waals surface area contributed by atoms with Crippen LogP contribution in [0.3, 0.4) is 0 Å². The molecule has 1 aliphatic carbocycles. The van der Waals surface area contributed by atoms with Gasteiger partial charge < -0.3 is 10.6 Å². The number of aryl methyl sites for hydroxylation is 1. The molecule has 3 aromatic rings. The van der Waals surface area contributed by atoms with E-state index in [1.807, 2.05) is 18.2 Å². The second-order valence-corrected chi connectivity index (χ2v) is 8.14. The first kappa shape index (κ1) is 20.1. The van der Waals surface area contributed by atoms with Crippen molar-refractivity contribution >= 4 is 29.3 Å². The Morgan fingerprint density at radius 3 is 2.50 bits per heavy atom. The third kappa shape index (κ3) is 5.04. The number of nitrogens with zero attached hydrogens (tertiary/aromatic N) is 4. The van der Waals surface area contributed by atoms with Gasteiger partial charge in [-0.2, -0.15) is 0 Å². The molecule has 0 spiro atoms. The molecule has 30 heavy (non-hydrogen) atoms. The van der Waals surface area contributed by atoms with E-state index in [-0.39, 0.29) is 23.6 Å². The molecule has 1 atom stereocenters. The second-order valence-electron chi connectivity index (χ2n) is 7.20. The Bertz CT molecular complexity index is 1020. The molecule has 0 saturated heterocycles. The highest BCUT2D eigenvalue weighted by atomic mass is 32.2. The first-order valence-electron chi connectivity index (χ1n) is 9.71. The van der Waals surface area contributed by atoms with Gasteiger partial charge in [-0.3, -0.25) is 9.59 Å². The normalized spacial score (nSPS) is 14.2. The van der Waals surface area contributed by atoms with Crippen molar-refractivity contribution in [3.63, 3.8) is 0 Å². The number of hydrogen-bond donors (Lipinski definition) is 2. The fourth-order valence-electron chi connectivity index (χ4n) is 3.16. The molecule has 8 nitrogen and oxygen atoms in total. The van der Waals surface area contributed by atoms with Gasteiger partial charge in [-0.15, -0.1) is 5.10 Å². The molecule has 2 amide bonds. The summed E-state index contributed by atoms with van der Waals surface area (Å²) in [6.45, 7) is 0. The van der Waals surface area contributed by atoms with Gasteiger partial charge in [0.25, 0.3) is 5.91 Å². The van der Waals surface area contributed by atoms with E-state index in [1.54, 1.807) is 31.3 Å². The van der Waals surface area contributed by atoms with Crippen LogP contribution in [0, 0.1) is 5.92 Å². The van der Waals surface area contributed by atoms with Crippen molar-refractivity contribution < 1.29 is 9.59 Å². The molecule has 2 N–H and O–H groups in total. The lowest BCUT2D eigenvalue weighted by Gasteiger charge is -2.19. The van der Waals surface area contributed by atoms with Crippen LogP contribution < -0.4 is 10.6 Å². The van der Waals surface area contributed by atoms with Crippen LogP contribution in [0.25, 0.3) is 0 Å².